The molecule has 2 amide bonds. The molecule has 41 heavy (non-hydrogen) atoms. The summed E-state index contributed by atoms with van der Waals surface area (Å²) in [6.07, 6.45) is 2.85. The topological polar surface area (TPSA) is 59.0 Å². The van der Waals surface area contributed by atoms with Crippen molar-refractivity contribution in [1.82, 2.24) is 20.4 Å². The minimum absolute atomic E-state index is 0.129. The Kier molecular flexibility index (Phi) is 8.11. The molecule has 1 aromatic heterocycles. The molecule has 0 saturated heterocycles. The highest BCUT2D eigenvalue weighted by molar-refractivity contribution is 5.87. The van der Waals surface area contributed by atoms with Crippen molar-refractivity contribution in [3.63, 3.8) is 0 Å². The molecule has 1 unspecified atom stereocenters. The summed E-state index contributed by atoms with van der Waals surface area (Å²) in [7, 11) is 0. The van der Waals surface area contributed by atoms with Crippen LogP contribution in [0.1, 0.15) is 64.1 Å². The second kappa shape index (κ2) is 11.7. The summed E-state index contributed by atoms with van der Waals surface area (Å²) in [6, 6.07) is 27.0. The SMILES string of the molecule is CC(C)CC(c1ccc2c(cnn2-c2ccc(F)cc2)c1)C(C)(C)CNC(=O)N[C@H](C)c1cccc2ccccc12. The molecule has 4 aromatic carbocycles. The van der Waals surface area contributed by atoms with E-state index in [1.807, 2.05) is 36.0 Å². The van der Waals surface area contributed by atoms with Crippen molar-refractivity contribution in [3.05, 3.63) is 108 Å². The molecule has 0 spiro atoms. The van der Waals surface area contributed by atoms with Crippen molar-refractivity contribution in [2.24, 2.45) is 11.3 Å². The van der Waals surface area contributed by atoms with Crippen molar-refractivity contribution in [3.8, 4) is 5.69 Å². The van der Waals surface area contributed by atoms with Crippen LogP contribution in [0.15, 0.2) is 91.1 Å². The molecule has 0 aliphatic carbocycles. The van der Waals surface area contributed by atoms with E-state index in [0.29, 0.717) is 12.5 Å². The quantitative estimate of drug-likeness (QED) is 0.193. The molecule has 5 aromatic rings. The molecule has 5 nitrogen and oxygen atoms in total. The smallest absolute Gasteiger partial charge is 0.315 e. The predicted molar refractivity (Wildman–Crippen MR) is 166 cm³/mol. The second-order valence-electron chi connectivity index (χ2n) is 12.1. The van der Waals surface area contributed by atoms with E-state index in [0.717, 1.165) is 39.3 Å². The van der Waals surface area contributed by atoms with Gasteiger partial charge in [0.25, 0.3) is 0 Å². The number of fused-ring (bicyclic) bond motifs is 2. The van der Waals surface area contributed by atoms with Crippen LogP contribution in [0.3, 0.4) is 0 Å². The average molecular weight is 551 g/mol. The van der Waals surface area contributed by atoms with Crippen LogP contribution < -0.4 is 10.6 Å². The minimum Gasteiger partial charge on any atom is -0.338 e. The number of nitrogens with one attached hydrogen (secondary N) is 2. The van der Waals surface area contributed by atoms with Gasteiger partial charge in [0.05, 0.1) is 23.4 Å². The summed E-state index contributed by atoms with van der Waals surface area (Å²) in [6.45, 7) is 11.5. The number of aromatic nitrogens is 2. The zero-order valence-electron chi connectivity index (χ0n) is 24.5. The normalized spacial score (nSPS) is 13.4. The first kappa shape index (κ1) is 28.3. The molecular weight excluding hydrogens is 511 g/mol. The molecule has 0 saturated carbocycles. The van der Waals surface area contributed by atoms with Crippen LogP contribution in [0, 0.1) is 17.2 Å². The van der Waals surface area contributed by atoms with Crippen LogP contribution in [0.2, 0.25) is 0 Å². The molecule has 0 aliphatic rings. The number of benzene rings is 4. The molecule has 0 aliphatic heterocycles. The molecule has 0 fully saturated rings. The van der Waals surface area contributed by atoms with E-state index in [9.17, 15) is 9.18 Å². The Hall–Kier alpha value is -4.19. The molecule has 0 bridgehead atoms. The van der Waals surface area contributed by atoms with Gasteiger partial charge in [-0.2, -0.15) is 5.10 Å². The van der Waals surface area contributed by atoms with E-state index in [-0.39, 0.29) is 29.2 Å². The summed E-state index contributed by atoms with van der Waals surface area (Å²) in [5.41, 5.74) is 3.92. The number of hydrogen-bond donors (Lipinski definition) is 2. The first-order chi connectivity index (χ1) is 19.6. The Bertz CT molecular complexity index is 1650. The Morgan fingerprint density at radius 1 is 0.927 bits per heavy atom. The summed E-state index contributed by atoms with van der Waals surface area (Å²) in [5, 5.41) is 14.2. The number of nitrogens with zero attached hydrogens (tertiary/aromatic N) is 2. The first-order valence-corrected chi connectivity index (χ1v) is 14.4. The van der Waals surface area contributed by atoms with Gasteiger partial charge in [0.15, 0.2) is 0 Å². The minimum atomic E-state index is -0.267. The van der Waals surface area contributed by atoms with Crippen molar-refractivity contribution in [2.75, 3.05) is 6.54 Å². The zero-order valence-corrected chi connectivity index (χ0v) is 24.5. The van der Waals surface area contributed by atoms with Crippen LogP contribution in [0.5, 0.6) is 0 Å². The van der Waals surface area contributed by atoms with Gasteiger partial charge < -0.3 is 10.6 Å². The van der Waals surface area contributed by atoms with Crippen LogP contribution in [-0.4, -0.2) is 22.4 Å². The molecule has 0 radical (unpaired) electrons. The van der Waals surface area contributed by atoms with Crippen LogP contribution in [0.4, 0.5) is 9.18 Å². The van der Waals surface area contributed by atoms with Gasteiger partial charge in [-0.25, -0.2) is 13.9 Å². The molecular formula is C35H39FN4O. The Labute approximate surface area is 241 Å². The fourth-order valence-electron chi connectivity index (χ4n) is 5.82. The van der Waals surface area contributed by atoms with Crippen molar-refractivity contribution in [1.29, 1.82) is 0 Å². The lowest BCUT2D eigenvalue weighted by atomic mass is 9.71. The Morgan fingerprint density at radius 3 is 2.41 bits per heavy atom. The maximum Gasteiger partial charge on any atom is 0.315 e. The fraction of sp³-hybridized carbons (Fsp3) is 0.314. The lowest BCUT2D eigenvalue weighted by Crippen LogP contribution is -2.43. The number of halogens is 1. The summed E-state index contributed by atoms with van der Waals surface area (Å²) in [4.78, 5) is 13.1. The molecule has 212 valence electrons. The predicted octanol–water partition coefficient (Wildman–Crippen LogP) is 8.53. The van der Waals surface area contributed by atoms with E-state index in [2.05, 4.69) is 85.9 Å². The Balaban J connectivity index is 1.31. The maximum atomic E-state index is 13.4. The number of rotatable bonds is 9. The highest BCUT2D eigenvalue weighted by Crippen LogP contribution is 2.41. The van der Waals surface area contributed by atoms with Gasteiger partial charge in [-0.15, -0.1) is 0 Å². The molecule has 6 heteroatoms. The number of urea groups is 1. The maximum absolute atomic E-state index is 13.4. The number of carbonyl (C=O) groups excluding carboxylic acids is 1. The van der Waals surface area contributed by atoms with Gasteiger partial charge in [-0.05, 0) is 88.9 Å². The lowest BCUT2D eigenvalue weighted by Gasteiger charge is -2.36. The van der Waals surface area contributed by atoms with E-state index in [4.69, 9.17) is 0 Å². The van der Waals surface area contributed by atoms with E-state index < -0.39 is 0 Å². The number of amides is 2. The highest BCUT2D eigenvalue weighted by Gasteiger charge is 2.32. The van der Waals surface area contributed by atoms with Crippen molar-refractivity contribution >= 4 is 27.7 Å². The van der Waals surface area contributed by atoms with Crippen LogP contribution in [0.25, 0.3) is 27.4 Å². The largest absolute Gasteiger partial charge is 0.338 e. The van der Waals surface area contributed by atoms with Crippen molar-refractivity contribution < 1.29 is 9.18 Å². The fourth-order valence-corrected chi connectivity index (χ4v) is 5.82. The third-order valence-electron chi connectivity index (χ3n) is 8.06. The summed E-state index contributed by atoms with van der Waals surface area (Å²) < 4.78 is 15.3. The third-order valence-corrected chi connectivity index (χ3v) is 8.06. The van der Waals surface area contributed by atoms with Crippen LogP contribution in [-0.2, 0) is 0 Å². The van der Waals surface area contributed by atoms with Gasteiger partial charge in [0, 0.05) is 11.9 Å². The van der Waals surface area contributed by atoms with Gasteiger partial charge in [-0.1, -0.05) is 76.2 Å². The van der Waals surface area contributed by atoms with E-state index >= 15 is 0 Å². The molecule has 2 atom stereocenters. The second-order valence-corrected chi connectivity index (χ2v) is 12.1. The molecule has 1 heterocycles. The Morgan fingerprint density at radius 2 is 1.66 bits per heavy atom. The first-order valence-electron chi connectivity index (χ1n) is 14.4. The van der Waals surface area contributed by atoms with Crippen LogP contribution >= 0.6 is 0 Å². The average Bonchev–Trinajstić information content (AvgIpc) is 3.38. The summed E-state index contributed by atoms with van der Waals surface area (Å²) in [5.74, 6) is 0.436. The standard InChI is InChI=1S/C35H39FN4O/c1-23(2)19-32(26-13-18-33-27(20-26)21-38-40(33)29-16-14-28(36)15-17-29)35(4,5)22-37-34(41)39-24(3)30-12-8-10-25-9-6-7-11-31(25)30/h6-18,20-21,23-24,32H,19,22H2,1-5H3,(H2,37,39,41)/t24-,32?/m1/s1. The van der Waals surface area contributed by atoms with Gasteiger partial charge in [0.2, 0.25) is 0 Å². The number of carbonyl (C=O) groups is 1. The van der Waals surface area contributed by atoms with Gasteiger partial charge in [-0.3, -0.25) is 0 Å². The third kappa shape index (κ3) is 6.27. The van der Waals surface area contributed by atoms with Gasteiger partial charge >= 0.3 is 6.03 Å². The van der Waals surface area contributed by atoms with E-state index in [1.165, 1.54) is 17.7 Å². The van der Waals surface area contributed by atoms with E-state index in [1.54, 1.807) is 12.1 Å². The molecule has 5 rings (SSSR count). The van der Waals surface area contributed by atoms with Crippen molar-refractivity contribution in [2.45, 2.75) is 53.0 Å². The van der Waals surface area contributed by atoms with Gasteiger partial charge in [0.1, 0.15) is 5.82 Å². The zero-order chi connectivity index (χ0) is 29.1. The highest BCUT2D eigenvalue weighted by atomic mass is 19.1. The lowest BCUT2D eigenvalue weighted by molar-refractivity contribution is 0.215. The molecule has 2 N–H and O–H groups in total. The monoisotopic (exact) mass is 550 g/mol. The summed E-state index contributed by atoms with van der Waals surface area (Å²) >= 11 is 0. The number of hydrogen-bond acceptors (Lipinski definition) is 2.